The SMILES string of the molecule is C=CCCC(=O)N(C)[C@@H](C)[C@@H](OC(=O)[C@@H]1[C@H]2C(=O)N([C@H](CO)c3ccccc3)[C@H](C(=O)N(CC=C)c3c(C)cccc3C)[C@]23CC[C@H]1O3)c1ccccc1. The van der Waals surface area contributed by atoms with Gasteiger partial charge in [0.25, 0.3) is 5.91 Å². The number of rotatable bonds is 15. The summed E-state index contributed by atoms with van der Waals surface area (Å²) in [5, 5.41) is 11.0. The highest BCUT2D eigenvalue weighted by molar-refractivity contribution is 6.05. The number of carbonyl (C=O) groups is 4. The van der Waals surface area contributed by atoms with Gasteiger partial charge in [0.05, 0.1) is 36.6 Å². The summed E-state index contributed by atoms with van der Waals surface area (Å²) in [7, 11) is 1.69. The van der Waals surface area contributed by atoms with Gasteiger partial charge in [-0.1, -0.05) is 91.0 Å². The van der Waals surface area contributed by atoms with E-state index in [0.717, 1.165) is 11.1 Å². The van der Waals surface area contributed by atoms with E-state index in [1.165, 1.54) is 4.90 Å². The number of ether oxygens (including phenoxy) is 2. The molecule has 3 amide bonds. The molecule has 3 heterocycles. The largest absolute Gasteiger partial charge is 0.455 e. The van der Waals surface area contributed by atoms with E-state index in [1.807, 2.05) is 99.6 Å². The Morgan fingerprint density at radius 2 is 1.61 bits per heavy atom. The van der Waals surface area contributed by atoms with Crippen LogP contribution in [0.1, 0.15) is 67.0 Å². The number of hydrogen-bond acceptors (Lipinski definition) is 7. The minimum atomic E-state index is -1.36. The van der Waals surface area contributed by atoms with Crippen molar-refractivity contribution in [1.29, 1.82) is 0 Å². The topological polar surface area (TPSA) is 117 Å². The standard InChI is InChI=1S/C44H51N3O7/c1-7-9-23-35(49)45(6)30(5)39(32-21-14-11-15-22-32)53-43(52)36-34-24-25-44(54-34)37(36)41(50)47(33(27-48)31-19-12-10-13-20-31)40(44)42(51)46(26-8-2)38-28(3)17-16-18-29(38)4/h7-8,10-22,30,33-34,36-37,39-40,48H,1-2,9,23-27H2,3-6H3/t30-,33+,34+,36-,37-,39+,40+,44-/m0/s1. The summed E-state index contributed by atoms with van der Waals surface area (Å²) in [6.45, 7) is 13.1. The van der Waals surface area contributed by atoms with Crippen molar-refractivity contribution in [2.45, 2.75) is 82.4 Å². The summed E-state index contributed by atoms with van der Waals surface area (Å²) in [6.07, 6.45) is 3.41. The van der Waals surface area contributed by atoms with Gasteiger partial charge in [-0.25, -0.2) is 0 Å². The minimum Gasteiger partial charge on any atom is -0.455 e. The molecule has 0 aromatic heterocycles. The molecule has 1 N–H and O–H groups in total. The van der Waals surface area contributed by atoms with Gasteiger partial charge in [0.15, 0.2) is 0 Å². The molecule has 54 heavy (non-hydrogen) atoms. The first-order valence-electron chi connectivity index (χ1n) is 18.8. The Morgan fingerprint density at radius 3 is 2.20 bits per heavy atom. The monoisotopic (exact) mass is 733 g/mol. The summed E-state index contributed by atoms with van der Waals surface area (Å²) < 4.78 is 13.2. The number of para-hydroxylation sites is 1. The fourth-order valence-electron chi connectivity index (χ4n) is 8.93. The smallest absolute Gasteiger partial charge is 0.313 e. The zero-order valence-corrected chi connectivity index (χ0v) is 31.6. The van der Waals surface area contributed by atoms with Crippen LogP contribution in [-0.4, -0.2) is 82.6 Å². The van der Waals surface area contributed by atoms with Gasteiger partial charge in [-0.15, -0.1) is 13.2 Å². The Balaban J connectivity index is 1.42. The molecule has 0 aliphatic carbocycles. The van der Waals surface area contributed by atoms with Gasteiger partial charge in [-0.3, -0.25) is 19.2 Å². The van der Waals surface area contributed by atoms with Crippen LogP contribution in [0.5, 0.6) is 0 Å². The van der Waals surface area contributed by atoms with E-state index in [9.17, 15) is 14.7 Å². The predicted molar refractivity (Wildman–Crippen MR) is 206 cm³/mol. The van der Waals surface area contributed by atoms with Gasteiger partial charge in [0, 0.05) is 25.7 Å². The molecule has 3 aromatic carbocycles. The number of likely N-dealkylation sites (tertiary alicyclic amines) is 1. The first kappa shape index (κ1) is 38.7. The third-order valence-corrected chi connectivity index (χ3v) is 11.6. The Hall–Kier alpha value is -5.06. The molecule has 284 valence electrons. The summed E-state index contributed by atoms with van der Waals surface area (Å²) >= 11 is 0. The average molecular weight is 734 g/mol. The number of aryl methyl sites for hydroxylation is 2. The fourth-order valence-corrected chi connectivity index (χ4v) is 8.93. The summed E-state index contributed by atoms with van der Waals surface area (Å²) in [6, 6.07) is 21.6. The van der Waals surface area contributed by atoms with E-state index >= 15 is 9.59 Å². The van der Waals surface area contributed by atoms with Gasteiger partial charge in [0.2, 0.25) is 11.8 Å². The molecule has 1 spiro atoms. The van der Waals surface area contributed by atoms with E-state index in [2.05, 4.69) is 13.2 Å². The number of fused-ring (bicyclic) bond motifs is 1. The van der Waals surface area contributed by atoms with Crippen LogP contribution < -0.4 is 4.90 Å². The minimum absolute atomic E-state index is 0.117. The van der Waals surface area contributed by atoms with E-state index < -0.39 is 66.3 Å². The highest BCUT2D eigenvalue weighted by atomic mass is 16.6. The lowest BCUT2D eigenvalue weighted by molar-refractivity contribution is -0.165. The molecule has 0 saturated carbocycles. The highest BCUT2D eigenvalue weighted by Gasteiger charge is 2.76. The number of carbonyl (C=O) groups excluding carboxylic acids is 4. The van der Waals surface area contributed by atoms with E-state index in [-0.39, 0.29) is 24.8 Å². The normalized spacial score (nSPS) is 24.3. The summed E-state index contributed by atoms with van der Waals surface area (Å²) in [5.74, 6) is -3.62. The van der Waals surface area contributed by atoms with E-state index in [4.69, 9.17) is 9.47 Å². The number of hydrogen-bond donors (Lipinski definition) is 1. The molecule has 6 rings (SSSR count). The quantitative estimate of drug-likeness (QED) is 0.150. The van der Waals surface area contributed by atoms with Crippen LogP contribution in [0.2, 0.25) is 0 Å². The van der Waals surface area contributed by atoms with Gasteiger partial charge >= 0.3 is 5.97 Å². The molecule has 3 aliphatic rings. The summed E-state index contributed by atoms with van der Waals surface area (Å²) in [5.41, 5.74) is 2.47. The first-order chi connectivity index (χ1) is 26.0. The number of aliphatic hydroxyl groups is 1. The molecular weight excluding hydrogens is 682 g/mol. The molecule has 2 bridgehead atoms. The molecule has 3 fully saturated rings. The number of likely N-dealkylation sites (N-methyl/N-ethyl adjacent to an activating group) is 1. The Labute approximate surface area is 318 Å². The summed E-state index contributed by atoms with van der Waals surface area (Å²) in [4.78, 5) is 62.8. The zero-order valence-electron chi connectivity index (χ0n) is 31.6. The maximum atomic E-state index is 15.3. The van der Waals surface area contributed by atoms with Crippen LogP contribution in [0.25, 0.3) is 0 Å². The van der Waals surface area contributed by atoms with Crippen LogP contribution in [0, 0.1) is 25.7 Å². The molecule has 10 heteroatoms. The zero-order chi connectivity index (χ0) is 38.7. The number of nitrogens with zero attached hydrogens (tertiary/aromatic N) is 3. The molecule has 0 unspecified atom stereocenters. The van der Waals surface area contributed by atoms with Crippen molar-refractivity contribution in [1.82, 2.24) is 9.80 Å². The number of benzene rings is 3. The average Bonchev–Trinajstić information content (AvgIpc) is 3.83. The van der Waals surface area contributed by atoms with E-state index in [0.29, 0.717) is 36.1 Å². The van der Waals surface area contributed by atoms with Crippen molar-refractivity contribution in [3.8, 4) is 0 Å². The van der Waals surface area contributed by atoms with Crippen LogP contribution in [-0.2, 0) is 28.7 Å². The lowest BCUT2D eigenvalue weighted by Gasteiger charge is -2.40. The second kappa shape index (κ2) is 16.1. The molecular formula is C44H51N3O7. The van der Waals surface area contributed by atoms with Gasteiger partial charge in [-0.05, 0) is 62.3 Å². The van der Waals surface area contributed by atoms with Crippen LogP contribution in [0.3, 0.4) is 0 Å². The molecule has 8 atom stereocenters. The number of allylic oxidation sites excluding steroid dienone is 1. The first-order valence-corrected chi connectivity index (χ1v) is 18.8. The number of anilines is 1. The van der Waals surface area contributed by atoms with Gasteiger partial charge in [0.1, 0.15) is 17.7 Å². The Morgan fingerprint density at radius 1 is 0.981 bits per heavy atom. The van der Waals surface area contributed by atoms with Crippen LogP contribution >= 0.6 is 0 Å². The fraction of sp³-hybridized carbons (Fsp3) is 0.409. The third-order valence-electron chi connectivity index (χ3n) is 11.6. The molecule has 3 aliphatic heterocycles. The van der Waals surface area contributed by atoms with Gasteiger partial charge < -0.3 is 29.3 Å². The molecule has 3 saturated heterocycles. The Bertz CT molecular complexity index is 1860. The second-order valence-corrected chi connectivity index (χ2v) is 14.7. The predicted octanol–water partition coefficient (Wildman–Crippen LogP) is 6.03. The van der Waals surface area contributed by atoms with Crippen molar-refractivity contribution in [3.63, 3.8) is 0 Å². The molecule has 0 radical (unpaired) electrons. The molecule has 10 nitrogen and oxygen atoms in total. The number of esters is 1. The third kappa shape index (κ3) is 6.77. The van der Waals surface area contributed by atoms with E-state index in [1.54, 1.807) is 29.0 Å². The number of amides is 3. The highest BCUT2D eigenvalue weighted by Crippen LogP contribution is 2.60. The lowest BCUT2D eigenvalue weighted by Crippen LogP contribution is -2.57. The lowest BCUT2D eigenvalue weighted by atomic mass is 9.70. The maximum absolute atomic E-state index is 15.3. The van der Waals surface area contributed by atoms with Gasteiger partial charge in [-0.2, -0.15) is 0 Å². The van der Waals surface area contributed by atoms with Crippen molar-refractivity contribution >= 4 is 29.4 Å². The van der Waals surface area contributed by atoms with Crippen molar-refractivity contribution < 1.29 is 33.8 Å². The van der Waals surface area contributed by atoms with Crippen molar-refractivity contribution in [3.05, 3.63) is 126 Å². The van der Waals surface area contributed by atoms with Crippen molar-refractivity contribution in [2.75, 3.05) is 25.1 Å². The number of aliphatic hydroxyl groups excluding tert-OH is 1. The second-order valence-electron chi connectivity index (χ2n) is 14.7. The Kier molecular flexibility index (Phi) is 11.5. The van der Waals surface area contributed by atoms with Crippen LogP contribution in [0.4, 0.5) is 5.69 Å². The van der Waals surface area contributed by atoms with Crippen molar-refractivity contribution in [2.24, 2.45) is 11.8 Å². The maximum Gasteiger partial charge on any atom is 0.313 e. The molecule has 3 aromatic rings. The van der Waals surface area contributed by atoms with Crippen LogP contribution in [0.15, 0.2) is 104 Å².